The van der Waals surface area contributed by atoms with Gasteiger partial charge in [-0.3, -0.25) is 0 Å². The van der Waals surface area contributed by atoms with Crippen LogP contribution in [-0.2, 0) is 16.1 Å². The largest absolute Gasteiger partial charge is 0.478 e. The smallest absolute Gasteiger partial charge is 0.335 e. The number of aromatic carboxylic acids is 1. The summed E-state index contributed by atoms with van der Waals surface area (Å²) in [6, 6.07) is 5.30. The maximum atomic E-state index is 11.2. The fourth-order valence-corrected chi connectivity index (χ4v) is 7.39. The third-order valence-corrected chi connectivity index (χ3v) is 9.44. The molecule has 0 bridgehead atoms. The highest BCUT2D eigenvalue weighted by molar-refractivity contribution is 5.87. The van der Waals surface area contributed by atoms with Crippen LogP contribution >= 0.6 is 0 Å². The summed E-state index contributed by atoms with van der Waals surface area (Å²) < 4.78 is 13.3. The summed E-state index contributed by atoms with van der Waals surface area (Å²) >= 11 is 0. The molecule has 0 amide bonds. The van der Waals surface area contributed by atoms with Crippen molar-refractivity contribution in [1.29, 1.82) is 0 Å². The predicted octanol–water partition coefficient (Wildman–Crippen LogP) is 5.92. The highest BCUT2D eigenvalue weighted by Gasteiger charge is 2.59. The van der Waals surface area contributed by atoms with Gasteiger partial charge >= 0.3 is 5.97 Å². The van der Waals surface area contributed by atoms with Gasteiger partial charge in [0, 0.05) is 5.92 Å². The molecule has 1 heterocycles. The molecule has 0 spiro atoms. The second kappa shape index (κ2) is 8.19. The molecule has 31 heavy (non-hydrogen) atoms. The third-order valence-electron chi connectivity index (χ3n) is 9.44. The number of hydrogen-bond acceptors (Lipinski definition) is 3. The van der Waals surface area contributed by atoms with Crippen LogP contribution in [0.3, 0.4) is 0 Å². The average molecular weight is 427 g/mol. The Morgan fingerprint density at radius 1 is 1.03 bits per heavy atom. The van der Waals surface area contributed by atoms with Crippen molar-refractivity contribution >= 4 is 5.97 Å². The van der Waals surface area contributed by atoms with E-state index in [-0.39, 0.29) is 6.29 Å². The first-order valence-electron chi connectivity index (χ1n) is 12.4. The van der Waals surface area contributed by atoms with E-state index < -0.39 is 5.97 Å². The summed E-state index contributed by atoms with van der Waals surface area (Å²) in [7, 11) is 0. The standard InChI is InChI=1S/C27H38O4/c1-14-6-10-21-17(4)27(30-13-19-8-7-18(26(28)29)11-16(19)3)31-25-23-12-22(23)15(2)5-9-20(14)24(21)25/h7-8,11,14-15,17,20-25,27H,5-6,9-10,12-13H2,1-4H3,(H,28,29)/t14-,15?,17-,20+,21+,22?,23?,24?,25-,27+/m1/s1. The molecule has 4 unspecified atom stereocenters. The molecule has 1 N–H and O–H groups in total. The van der Waals surface area contributed by atoms with E-state index >= 15 is 0 Å². The zero-order chi connectivity index (χ0) is 21.9. The van der Waals surface area contributed by atoms with Gasteiger partial charge in [-0.2, -0.15) is 0 Å². The Morgan fingerprint density at radius 3 is 2.45 bits per heavy atom. The number of benzene rings is 1. The van der Waals surface area contributed by atoms with Gasteiger partial charge in [-0.1, -0.05) is 39.7 Å². The van der Waals surface area contributed by atoms with Crippen LogP contribution in [0.15, 0.2) is 18.2 Å². The highest BCUT2D eigenvalue weighted by atomic mass is 16.7. The van der Waals surface area contributed by atoms with Crippen LogP contribution in [0.1, 0.15) is 74.4 Å². The third kappa shape index (κ3) is 3.84. The first-order chi connectivity index (χ1) is 14.8. The number of fused-ring (bicyclic) bond motifs is 2. The van der Waals surface area contributed by atoms with Gasteiger partial charge in [0.05, 0.1) is 18.3 Å². The van der Waals surface area contributed by atoms with Crippen LogP contribution < -0.4 is 0 Å². The Kier molecular flexibility index (Phi) is 5.67. The van der Waals surface area contributed by atoms with Crippen LogP contribution in [0, 0.1) is 54.3 Å². The van der Waals surface area contributed by atoms with Crippen molar-refractivity contribution in [2.75, 3.05) is 0 Å². The van der Waals surface area contributed by atoms with Crippen molar-refractivity contribution in [3.8, 4) is 0 Å². The molecule has 3 aliphatic carbocycles. The van der Waals surface area contributed by atoms with E-state index in [1.165, 1.54) is 32.1 Å². The molecule has 10 atom stereocenters. The predicted molar refractivity (Wildman–Crippen MR) is 120 cm³/mol. The maximum Gasteiger partial charge on any atom is 0.335 e. The van der Waals surface area contributed by atoms with Gasteiger partial charge in [-0.15, -0.1) is 0 Å². The quantitative estimate of drug-likeness (QED) is 0.650. The average Bonchev–Trinajstić information content (AvgIpc) is 3.52. The van der Waals surface area contributed by atoms with Gasteiger partial charge in [0.15, 0.2) is 6.29 Å². The van der Waals surface area contributed by atoms with E-state index in [0.29, 0.717) is 36.0 Å². The number of hydrogen-bond donors (Lipinski definition) is 1. The molecular weight excluding hydrogens is 388 g/mol. The Hall–Kier alpha value is -1.39. The summed E-state index contributed by atoms with van der Waals surface area (Å²) in [6.45, 7) is 9.72. The lowest BCUT2D eigenvalue weighted by Gasteiger charge is -2.54. The normalized spacial score (nSPS) is 43.9. The van der Waals surface area contributed by atoms with Gasteiger partial charge < -0.3 is 14.6 Å². The van der Waals surface area contributed by atoms with Crippen LogP contribution in [0.4, 0.5) is 0 Å². The van der Waals surface area contributed by atoms with Crippen LogP contribution in [0.2, 0.25) is 0 Å². The number of carboxylic acids is 1. The van der Waals surface area contributed by atoms with Crippen molar-refractivity contribution in [1.82, 2.24) is 0 Å². The van der Waals surface area contributed by atoms with E-state index in [4.69, 9.17) is 9.47 Å². The molecule has 3 saturated carbocycles. The first-order valence-corrected chi connectivity index (χ1v) is 12.4. The monoisotopic (exact) mass is 426 g/mol. The number of aryl methyl sites for hydroxylation is 1. The minimum Gasteiger partial charge on any atom is -0.478 e. The second-order valence-electron chi connectivity index (χ2n) is 11.2. The molecule has 1 aromatic rings. The molecule has 5 rings (SSSR count). The van der Waals surface area contributed by atoms with E-state index in [0.717, 1.165) is 40.7 Å². The fraction of sp³-hybridized carbons (Fsp3) is 0.741. The Balaban J connectivity index is 1.34. The summed E-state index contributed by atoms with van der Waals surface area (Å²) in [5.74, 6) is 4.96. The van der Waals surface area contributed by atoms with Gasteiger partial charge in [-0.25, -0.2) is 4.79 Å². The minimum absolute atomic E-state index is 0.158. The molecule has 1 saturated heterocycles. The van der Waals surface area contributed by atoms with Crippen LogP contribution in [0.25, 0.3) is 0 Å². The topological polar surface area (TPSA) is 55.8 Å². The molecule has 0 radical (unpaired) electrons. The van der Waals surface area contributed by atoms with Crippen LogP contribution in [-0.4, -0.2) is 23.5 Å². The lowest BCUT2D eigenvalue weighted by atomic mass is 9.57. The SMILES string of the molecule is Cc1cc(C(=O)O)ccc1CO[C@H]1O[C@@H]2C3CC3C(C)CC[C@@H]3C2[C@@H](CC[C@H]3C)[C@H]1C. The van der Waals surface area contributed by atoms with Crippen molar-refractivity contribution in [3.05, 3.63) is 34.9 Å². The molecule has 170 valence electrons. The van der Waals surface area contributed by atoms with Gasteiger partial charge in [-0.05, 0) is 90.9 Å². The molecule has 0 aromatic heterocycles. The molecule has 4 nitrogen and oxygen atoms in total. The lowest BCUT2D eigenvalue weighted by molar-refractivity contribution is -0.278. The number of carbonyl (C=O) groups is 1. The highest BCUT2D eigenvalue weighted by Crippen LogP contribution is 2.60. The van der Waals surface area contributed by atoms with Crippen LogP contribution in [0.5, 0.6) is 0 Å². The lowest BCUT2D eigenvalue weighted by Crippen LogP contribution is -2.54. The molecular formula is C27H38O4. The van der Waals surface area contributed by atoms with Crippen molar-refractivity contribution in [2.24, 2.45) is 47.3 Å². The first kappa shape index (κ1) is 21.5. The molecule has 1 aliphatic heterocycles. The van der Waals surface area contributed by atoms with Crippen molar-refractivity contribution in [3.63, 3.8) is 0 Å². The maximum absolute atomic E-state index is 11.2. The van der Waals surface area contributed by atoms with Crippen molar-refractivity contribution < 1.29 is 19.4 Å². The fourth-order valence-electron chi connectivity index (χ4n) is 7.39. The number of carboxylic acid groups (broad SMARTS) is 1. The Labute approximate surface area is 186 Å². The Morgan fingerprint density at radius 2 is 1.74 bits per heavy atom. The Bertz CT molecular complexity index is 835. The molecule has 4 aliphatic rings. The van der Waals surface area contributed by atoms with E-state index in [2.05, 4.69) is 20.8 Å². The number of ether oxygens (including phenoxy) is 2. The second-order valence-corrected chi connectivity index (χ2v) is 11.2. The zero-order valence-corrected chi connectivity index (χ0v) is 19.4. The summed E-state index contributed by atoms with van der Waals surface area (Å²) in [5, 5.41) is 9.22. The number of rotatable bonds is 4. The van der Waals surface area contributed by atoms with E-state index in [9.17, 15) is 9.90 Å². The van der Waals surface area contributed by atoms with E-state index in [1.54, 1.807) is 12.1 Å². The van der Waals surface area contributed by atoms with Gasteiger partial charge in [0.25, 0.3) is 0 Å². The van der Waals surface area contributed by atoms with Crippen molar-refractivity contribution in [2.45, 2.75) is 78.8 Å². The summed E-state index contributed by atoms with van der Waals surface area (Å²) in [5.41, 5.74) is 2.35. The minimum atomic E-state index is -0.885. The molecule has 4 heteroatoms. The van der Waals surface area contributed by atoms with Gasteiger partial charge in [0.1, 0.15) is 0 Å². The van der Waals surface area contributed by atoms with Gasteiger partial charge in [0.2, 0.25) is 0 Å². The summed E-state index contributed by atoms with van der Waals surface area (Å²) in [4.78, 5) is 11.2. The zero-order valence-electron chi connectivity index (χ0n) is 19.4. The molecule has 4 fully saturated rings. The summed E-state index contributed by atoms with van der Waals surface area (Å²) in [6.07, 6.45) is 6.96. The molecule has 1 aromatic carbocycles. The van der Waals surface area contributed by atoms with E-state index in [1.807, 2.05) is 13.0 Å².